The van der Waals surface area contributed by atoms with Crippen molar-refractivity contribution in [3.8, 4) is 0 Å². The van der Waals surface area contributed by atoms with E-state index in [1.54, 1.807) is 0 Å². The maximum absolute atomic E-state index is 8.00. The summed E-state index contributed by atoms with van der Waals surface area (Å²) < 4.78 is 0. The Kier molecular flexibility index (Phi) is 135. The van der Waals surface area contributed by atoms with Gasteiger partial charge in [0.05, 0.1) is 0 Å². The van der Waals surface area contributed by atoms with E-state index in [0.717, 1.165) is 10.7 Å². The largest absolute Gasteiger partial charge is 1.00 e. The molecule has 11 heteroatoms. The minimum atomic E-state index is -0.106. The second-order valence-corrected chi connectivity index (χ2v) is 2.55. The molecule has 0 aromatic carbocycles. The first kappa shape index (κ1) is 29.2. The molecule has 0 spiro atoms. The normalized spacial score (nSPS) is 4.18. The monoisotopic (exact) mass is 346 g/mol. The molecule has 6 nitrogen and oxygen atoms in total. The van der Waals surface area contributed by atoms with Gasteiger partial charge < -0.3 is 20.2 Å². The van der Waals surface area contributed by atoms with E-state index < -0.39 is 0 Å². The van der Waals surface area contributed by atoms with Crippen LogP contribution in [0.3, 0.4) is 0 Å². The third kappa shape index (κ3) is 155. The summed E-state index contributed by atoms with van der Waals surface area (Å²) in [5.41, 5.74) is 0. The third-order valence-corrected chi connectivity index (χ3v) is 0. The Morgan fingerprint density at radius 2 is 1.00 bits per heavy atom. The van der Waals surface area contributed by atoms with Crippen LogP contribution < -0.4 is 103 Å². The van der Waals surface area contributed by atoms with E-state index >= 15 is 0 Å². The minimum absolute atomic E-state index is 0. The van der Waals surface area contributed by atoms with E-state index in [4.69, 9.17) is 39.3 Å². The number of halogens is 2. The Labute approximate surface area is 164 Å². The molecule has 0 saturated heterocycles. The van der Waals surface area contributed by atoms with E-state index in [1.165, 1.54) is 0 Å². The van der Waals surface area contributed by atoms with Gasteiger partial charge in [0.2, 0.25) is 0 Å². The summed E-state index contributed by atoms with van der Waals surface area (Å²) in [5, 5.41) is 18.0. The van der Waals surface area contributed by atoms with Crippen LogP contribution in [0.25, 0.3) is 0 Å². The molecular formula is Cl2K2N2O4Pd. The number of hydrogen-bond donors (Lipinski definition) is 0. The molecule has 0 aromatic rings. The molecule has 0 atom stereocenters. The Balaban J connectivity index is -0.0000000150. The van der Waals surface area contributed by atoms with Crippen molar-refractivity contribution in [2.45, 2.75) is 0 Å². The molecule has 0 radical (unpaired) electrons. The fourth-order valence-corrected chi connectivity index (χ4v) is 0. The maximum Gasteiger partial charge on any atom is 1.00 e. The summed E-state index contributed by atoms with van der Waals surface area (Å²) in [6.07, 6.45) is 0. The van der Waals surface area contributed by atoms with Gasteiger partial charge in [0.25, 0.3) is 0 Å². The first-order chi connectivity index (χ1) is 4.24. The Hall–Kier alpha value is 3.32. The summed E-state index contributed by atoms with van der Waals surface area (Å²) in [4.78, 5) is 16.0. The molecule has 0 fully saturated rings. The second kappa shape index (κ2) is 50.6. The number of nitrogens with zero attached hydrogens (tertiary/aromatic N) is 2. The summed E-state index contributed by atoms with van der Waals surface area (Å²) in [6, 6.07) is 0. The van der Waals surface area contributed by atoms with E-state index in [-0.39, 0.29) is 119 Å². The van der Waals surface area contributed by atoms with Crippen molar-refractivity contribution < 1.29 is 119 Å². The maximum atomic E-state index is 8.00. The van der Waals surface area contributed by atoms with Crippen LogP contribution in [-0.4, -0.2) is 0 Å². The second-order valence-electron chi connectivity index (χ2n) is 0.194. The number of rotatable bonds is 0. The smallest absolute Gasteiger partial charge is 1.00 e. The van der Waals surface area contributed by atoms with Gasteiger partial charge in [0.15, 0.2) is 0 Å². The average molecular weight is 348 g/mol. The van der Waals surface area contributed by atoms with Crippen LogP contribution in [0.15, 0.2) is 10.7 Å². The van der Waals surface area contributed by atoms with Crippen LogP contribution in [0.1, 0.15) is 0 Å². The molecule has 0 N–H and O–H groups in total. The molecule has 0 amide bonds. The molecule has 11 heavy (non-hydrogen) atoms. The summed E-state index contributed by atoms with van der Waals surface area (Å²) >= 11 is -0.106. The molecule has 0 unspecified atom stereocenters. The molecule has 0 aromatic heterocycles. The van der Waals surface area contributed by atoms with Crippen molar-refractivity contribution in [1.82, 2.24) is 0 Å². The zero-order valence-corrected chi connectivity index (χ0v) is 14.9. The van der Waals surface area contributed by atoms with Crippen molar-refractivity contribution in [3.63, 3.8) is 0 Å². The van der Waals surface area contributed by atoms with E-state index in [0.29, 0.717) is 0 Å². The van der Waals surface area contributed by atoms with Crippen molar-refractivity contribution in [3.05, 3.63) is 20.2 Å². The molecule has 0 heterocycles. The number of hydrogen-bond acceptors (Lipinski definition) is 6. The van der Waals surface area contributed by atoms with Gasteiger partial charge in [-0.15, -0.1) is 10.7 Å². The van der Waals surface area contributed by atoms with E-state index in [9.17, 15) is 0 Å². The molecule has 0 aliphatic heterocycles. The summed E-state index contributed by atoms with van der Waals surface area (Å²) in [5.74, 6) is 0. The van der Waals surface area contributed by atoms with Crippen LogP contribution >= 0.6 is 19.1 Å². The Morgan fingerprint density at radius 1 is 1.00 bits per heavy atom. The molecule has 0 saturated carbocycles. The molecule has 0 bridgehead atoms. The van der Waals surface area contributed by atoms with Crippen molar-refractivity contribution in [1.29, 1.82) is 0 Å². The van der Waals surface area contributed by atoms with Crippen LogP contribution in [-0.2, 0) is 15.9 Å². The molecule has 0 aliphatic carbocycles. The fraction of sp³-hybridized carbons (Fsp3) is 0. The van der Waals surface area contributed by atoms with Crippen LogP contribution in [0.4, 0.5) is 0 Å². The predicted octanol–water partition coefficient (Wildman–Crippen LogP) is -4.11. The average Bonchev–Trinajstić information content (AvgIpc) is 1.70. The van der Waals surface area contributed by atoms with Crippen LogP contribution in [0.2, 0.25) is 0 Å². The van der Waals surface area contributed by atoms with Crippen LogP contribution in [0.5, 0.6) is 0 Å². The van der Waals surface area contributed by atoms with Gasteiger partial charge in [0.1, 0.15) is 0 Å². The van der Waals surface area contributed by atoms with Crippen molar-refractivity contribution in [2.24, 2.45) is 10.7 Å². The Bertz CT molecular complexity index is 53.4. The van der Waals surface area contributed by atoms with Gasteiger partial charge in [-0.3, -0.25) is 0 Å². The zero-order valence-electron chi connectivity index (χ0n) is 5.60. The summed E-state index contributed by atoms with van der Waals surface area (Å²) in [6.45, 7) is 0. The minimum Gasteiger partial charge on any atom is 1.00 e. The fourth-order valence-electron chi connectivity index (χ4n) is 0. The Morgan fingerprint density at radius 3 is 1.00 bits per heavy atom. The van der Waals surface area contributed by atoms with Crippen molar-refractivity contribution in [2.75, 3.05) is 0 Å². The van der Waals surface area contributed by atoms with E-state index in [1.807, 2.05) is 0 Å². The first-order valence-corrected chi connectivity index (χ1v) is 4.97. The quantitative estimate of drug-likeness (QED) is 0.252. The van der Waals surface area contributed by atoms with Crippen LogP contribution in [0, 0.1) is 20.2 Å². The standard InChI is InChI=1S/2ClH.2K.2HNO2.Pd/c;;;;2*2-1-3;/h2*1H;;;2*(H,2,3);/q;;2*+1;;;+2/p-4. The van der Waals surface area contributed by atoms with Gasteiger partial charge in [0, 0.05) is 0 Å². The molecule has 0 aliphatic rings. The van der Waals surface area contributed by atoms with Gasteiger partial charge in [-0.25, -0.2) is 0 Å². The van der Waals surface area contributed by atoms with Crippen molar-refractivity contribution >= 4 is 19.1 Å². The molecule has 60 valence electrons. The van der Waals surface area contributed by atoms with Gasteiger partial charge in [-0.1, -0.05) is 0 Å². The zero-order chi connectivity index (χ0) is 8.12. The molecular weight excluding hydrogens is 348 g/mol. The molecule has 0 rings (SSSR count). The first-order valence-electron chi connectivity index (χ1n) is 0.969. The summed E-state index contributed by atoms with van der Waals surface area (Å²) in [7, 11) is 9.63. The topological polar surface area (TPSA) is 105 Å². The van der Waals surface area contributed by atoms with E-state index in [2.05, 4.69) is 0 Å². The van der Waals surface area contributed by atoms with Gasteiger partial charge in [-0.05, 0) is 0 Å². The van der Waals surface area contributed by atoms with Gasteiger partial charge >= 0.3 is 138 Å². The van der Waals surface area contributed by atoms with Gasteiger partial charge in [-0.2, -0.15) is 0 Å². The third-order valence-electron chi connectivity index (χ3n) is 0. The predicted molar refractivity (Wildman–Crippen MR) is 30.0 cm³/mol. The SMILES string of the molecule is O=N[O-].O=N[O-].[Cl][Pd][Cl].[K+].[K+].